The second kappa shape index (κ2) is 8.88. The lowest BCUT2D eigenvalue weighted by molar-refractivity contribution is 0.322. The molecule has 0 unspecified atom stereocenters. The number of ether oxygens (including phenoxy) is 2. The highest BCUT2D eigenvalue weighted by atomic mass is 32.2. The number of anilines is 1. The molecule has 0 saturated carbocycles. The summed E-state index contributed by atoms with van der Waals surface area (Å²) in [7, 11) is -3.89. The van der Waals surface area contributed by atoms with Gasteiger partial charge in [0.15, 0.2) is 0 Å². The van der Waals surface area contributed by atoms with Gasteiger partial charge in [0.05, 0.1) is 18.9 Å². The Bertz CT molecular complexity index is 1350. The van der Waals surface area contributed by atoms with Gasteiger partial charge in [-0.25, -0.2) is 18.4 Å². The van der Waals surface area contributed by atoms with Crippen LogP contribution in [0.25, 0.3) is 17.0 Å². The van der Waals surface area contributed by atoms with Crippen LogP contribution in [-0.2, 0) is 10.0 Å². The molecular weight excluding hydrogens is 428 g/mol. The molecule has 2 aromatic carbocycles. The highest BCUT2D eigenvalue weighted by Gasteiger charge is 2.21. The van der Waals surface area contributed by atoms with Gasteiger partial charge >= 0.3 is 0 Å². The number of fused-ring (bicyclic) bond motifs is 1. The second-order valence-corrected chi connectivity index (χ2v) is 8.71. The van der Waals surface area contributed by atoms with Crippen LogP contribution in [0.15, 0.2) is 65.8 Å². The molecule has 0 fully saturated rings. The molecule has 0 spiro atoms. The van der Waals surface area contributed by atoms with Gasteiger partial charge < -0.3 is 9.47 Å². The topological polar surface area (TPSA) is 94.8 Å². The van der Waals surface area contributed by atoms with E-state index in [4.69, 9.17) is 9.47 Å². The van der Waals surface area contributed by atoms with Crippen molar-refractivity contribution < 1.29 is 17.9 Å². The normalized spacial score (nSPS) is 11.5. The van der Waals surface area contributed by atoms with Crippen molar-refractivity contribution >= 4 is 21.5 Å². The first-order chi connectivity index (χ1) is 15.4. The summed E-state index contributed by atoms with van der Waals surface area (Å²) in [5, 5.41) is 0. The molecule has 0 aliphatic carbocycles. The van der Waals surface area contributed by atoms with Crippen LogP contribution in [0.2, 0.25) is 0 Å². The third kappa shape index (κ3) is 4.52. The maximum Gasteiger partial charge on any atom is 0.265 e. The van der Waals surface area contributed by atoms with Crippen LogP contribution in [0.5, 0.6) is 11.5 Å². The van der Waals surface area contributed by atoms with Gasteiger partial charge in [-0.1, -0.05) is 12.1 Å². The van der Waals surface area contributed by atoms with E-state index in [-0.39, 0.29) is 10.6 Å². The molecule has 0 amide bonds. The van der Waals surface area contributed by atoms with Crippen LogP contribution < -0.4 is 14.2 Å². The fraction of sp³-hybridized carbons (Fsp3) is 0.217. The molecule has 166 valence electrons. The summed E-state index contributed by atoms with van der Waals surface area (Å²) >= 11 is 0. The number of nitrogens with one attached hydrogen (secondary N) is 1. The van der Waals surface area contributed by atoms with Crippen LogP contribution in [0.3, 0.4) is 0 Å². The molecule has 0 saturated heterocycles. The van der Waals surface area contributed by atoms with Crippen LogP contribution >= 0.6 is 0 Å². The summed E-state index contributed by atoms with van der Waals surface area (Å²) in [6.07, 6.45) is 3.79. The van der Waals surface area contributed by atoms with E-state index in [1.54, 1.807) is 31.2 Å². The molecular formula is C23H24N4O4S. The molecule has 0 radical (unpaired) electrons. The predicted octanol–water partition coefficient (Wildman–Crippen LogP) is 4.30. The van der Waals surface area contributed by atoms with E-state index in [9.17, 15) is 8.42 Å². The Morgan fingerprint density at radius 3 is 2.44 bits per heavy atom. The standard InChI is InChI=1S/C23H24N4O4S/c1-4-30-19-10-11-21(31-5-2)22(14-19)32(28,29)26-18-8-6-17(7-9-18)20-15-27-13-12-16(3)24-23(27)25-20/h6-15,26H,4-5H2,1-3H3. The number of rotatable bonds is 8. The lowest BCUT2D eigenvalue weighted by Gasteiger charge is -2.14. The summed E-state index contributed by atoms with van der Waals surface area (Å²) in [6.45, 7) is 6.33. The lowest BCUT2D eigenvalue weighted by Crippen LogP contribution is -2.14. The zero-order valence-corrected chi connectivity index (χ0v) is 18.9. The molecule has 0 bridgehead atoms. The number of hydrogen-bond acceptors (Lipinski definition) is 6. The number of aryl methyl sites for hydroxylation is 1. The van der Waals surface area contributed by atoms with Gasteiger partial charge in [0.2, 0.25) is 5.78 Å². The predicted molar refractivity (Wildman–Crippen MR) is 123 cm³/mol. The van der Waals surface area contributed by atoms with Crippen LogP contribution in [-0.4, -0.2) is 36.0 Å². The molecule has 8 nitrogen and oxygen atoms in total. The number of nitrogens with zero attached hydrogens (tertiary/aromatic N) is 3. The monoisotopic (exact) mass is 452 g/mol. The van der Waals surface area contributed by atoms with Gasteiger partial charge in [0, 0.05) is 35.4 Å². The zero-order chi connectivity index (χ0) is 22.7. The summed E-state index contributed by atoms with van der Waals surface area (Å²) < 4.78 is 41.6. The van der Waals surface area contributed by atoms with Gasteiger partial charge in [-0.3, -0.25) is 9.12 Å². The summed E-state index contributed by atoms with van der Waals surface area (Å²) in [5.41, 5.74) is 2.92. The first kappa shape index (κ1) is 21.6. The fourth-order valence-corrected chi connectivity index (χ4v) is 4.47. The molecule has 4 aromatic rings. The van der Waals surface area contributed by atoms with E-state index in [1.165, 1.54) is 6.07 Å². The van der Waals surface area contributed by atoms with Gasteiger partial charge in [0.25, 0.3) is 10.0 Å². The molecule has 2 aromatic heterocycles. The molecule has 0 atom stereocenters. The Morgan fingerprint density at radius 2 is 1.72 bits per heavy atom. The lowest BCUT2D eigenvalue weighted by atomic mass is 10.1. The quantitative estimate of drug-likeness (QED) is 0.428. The molecule has 0 aliphatic rings. The van der Waals surface area contributed by atoms with Crippen molar-refractivity contribution in [2.45, 2.75) is 25.7 Å². The van der Waals surface area contributed by atoms with Crippen molar-refractivity contribution in [1.29, 1.82) is 0 Å². The van der Waals surface area contributed by atoms with Gasteiger partial charge in [-0.2, -0.15) is 0 Å². The van der Waals surface area contributed by atoms with E-state index >= 15 is 0 Å². The van der Waals surface area contributed by atoms with Gasteiger partial charge in [-0.15, -0.1) is 0 Å². The van der Waals surface area contributed by atoms with Crippen molar-refractivity contribution in [1.82, 2.24) is 14.4 Å². The number of benzene rings is 2. The average molecular weight is 453 g/mol. The van der Waals surface area contributed by atoms with Crippen molar-refractivity contribution in [2.24, 2.45) is 0 Å². The molecule has 32 heavy (non-hydrogen) atoms. The van der Waals surface area contributed by atoms with Crippen molar-refractivity contribution in [2.75, 3.05) is 17.9 Å². The van der Waals surface area contributed by atoms with Crippen LogP contribution in [0.4, 0.5) is 5.69 Å². The van der Waals surface area contributed by atoms with Crippen molar-refractivity contribution in [3.05, 3.63) is 66.6 Å². The SMILES string of the molecule is CCOc1ccc(OCC)c(S(=O)(=O)Nc2ccc(-c3cn4ccc(C)nc4n3)cc2)c1. The molecule has 0 aliphatic heterocycles. The Hall–Kier alpha value is -3.59. The molecule has 1 N–H and O–H groups in total. The van der Waals surface area contributed by atoms with E-state index < -0.39 is 10.0 Å². The highest BCUT2D eigenvalue weighted by Crippen LogP contribution is 2.31. The number of aromatic nitrogens is 3. The number of imidazole rings is 1. The summed E-state index contributed by atoms with van der Waals surface area (Å²) in [6, 6.07) is 13.7. The fourth-order valence-electron chi connectivity index (χ4n) is 3.25. The van der Waals surface area contributed by atoms with Crippen LogP contribution in [0.1, 0.15) is 19.5 Å². The number of hydrogen-bond donors (Lipinski definition) is 1. The third-order valence-electron chi connectivity index (χ3n) is 4.71. The maximum atomic E-state index is 13.1. The minimum Gasteiger partial charge on any atom is -0.494 e. The highest BCUT2D eigenvalue weighted by molar-refractivity contribution is 7.92. The van der Waals surface area contributed by atoms with E-state index in [2.05, 4.69) is 14.7 Å². The minimum absolute atomic E-state index is 0.0242. The zero-order valence-electron chi connectivity index (χ0n) is 18.1. The molecule has 9 heteroatoms. The minimum atomic E-state index is -3.89. The largest absolute Gasteiger partial charge is 0.494 e. The first-order valence-electron chi connectivity index (χ1n) is 10.2. The second-order valence-electron chi connectivity index (χ2n) is 7.06. The average Bonchev–Trinajstić information content (AvgIpc) is 3.18. The van der Waals surface area contributed by atoms with E-state index in [0.717, 1.165) is 17.0 Å². The van der Waals surface area contributed by atoms with Crippen LogP contribution in [0, 0.1) is 6.92 Å². The van der Waals surface area contributed by atoms with Gasteiger partial charge in [0.1, 0.15) is 16.4 Å². The molecule has 2 heterocycles. The Morgan fingerprint density at radius 1 is 0.969 bits per heavy atom. The van der Waals surface area contributed by atoms with Gasteiger partial charge in [-0.05, 0) is 51.1 Å². The summed E-state index contributed by atoms with van der Waals surface area (Å²) in [5.74, 6) is 1.34. The third-order valence-corrected chi connectivity index (χ3v) is 6.12. The van der Waals surface area contributed by atoms with E-state index in [1.807, 2.05) is 48.8 Å². The Balaban J connectivity index is 1.60. The molecule has 4 rings (SSSR count). The maximum absolute atomic E-state index is 13.1. The van der Waals surface area contributed by atoms with E-state index in [0.29, 0.717) is 30.4 Å². The Kier molecular flexibility index (Phi) is 6.00. The first-order valence-corrected chi connectivity index (χ1v) is 11.7. The Labute approximate surface area is 186 Å². The van der Waals surface area contributed by atoms with Crippen molar-refractivity contribution in [3.8, 4) is 22.8 Å². The smallest absolute Gasteiger partial charge is 0.265 e. The van der Waals surface area contributed by atoms with Crippen molar-refractivity contribution in [3.63, 3.8) is 0 Å². The number of sulfonamides is 1. The summed E-state index contributed by atoms with van der Waals surface area (Å²) in [4.78, 5) is 8.96.